The lowest BCUT2D eigenvalue weighted by Crippen LogP contribution is -2.63. The van der Waals surface area contributed by atoms with E-state index in [0.29, 0.717) is 0 Å². The number of ether oxygens (including phenoxy) is 4. The first kappa shape index (κ1) is 43.8. The quantitative estimate of drug-likeness (QED) is 0.155. The van der Waals surface area contributed by atoms with Crippen LogP contribution in [0.4, 0.5) is 9.59 Å². The van der Waals surface area contributed by atoms with Gasteiger partial charge in [-0.25, -0.2) is 29.0 Å². The molecule has 4 unspecified atom stereocenters. The van der Waals surface area contributed by atoms with Gasteiger partial charge in [0.25, 0.3) is 0 Å². The van der Waals surface area contributed by atoms with Crippen LogP contribution < -0.4 is 10.6 Å². The molecular formula is C34H56N6O12. The molecule has 2 N–H and O–H groups in total. The van der Waals surface area contributed by atoms with Crippen molar-refractivity contribution in [1.29, 1.82) is 0 Å². The highest BCUT2D eigenvalue weighted by Gasteiger charge is 2.41. The highest BCUT2D eigenvalue weighted by molar-refractivity contribution is 6.00. The molecule has 294 valence electrons. The van der Waals surface area contributed by atoms with E-state index in [-0.39, 0.29) is 38.0 Å². The lowest BCUT2D eigenvalue weighted by atomic mass is 10.1. The molecular weight excluding hydrogens is 684 g/mol. The Labute approximate surface area is 305 Å². The Morgan fingerprint density at radius 1 is 0.558 bits per heavy atom. The van der Waals surface area contributed by atoms with E-state index in [0.717, 1.165) is 9.80 Å². The van der Waals surface area contributed by atoms with E-state index < -0.39 is 96.6 Å². The summed E-state index contributed by atoms with van der Waals surface area (Å²) in [6.07, 6.45) is -1.63. The fraction of sp³-hybridized carbons (Fsp3) is 0.765. The minimum Gasteiger partial charge on any atom is -0.444 e. The number of carbonyl (C=O) groups is 8. The van der Waals surface area contributed by atoms with Crippen LogP contribution in [0, 0.1) is 11.8 Å². The van der Waals surface area contributed by atoms with Gasteiger partial charge < -0.3 is 29.6 Å². The van der Waals surface area contributed by atoms with E-state index in [1.807, 2.05) is 0 Å². The van der Waals surface area contributed by atoms with Crippen LogP contribution in [0.2, 0.25) is 0 Å². The second-order valence-electron chi connectivity index (χ2n) is 15.6. The van der Waals surface area contributed by atoms with Gasteiger partial charge in [-0.1, -0.05) is 27.7 Å². The van der Waals surface area contributed by atoms with Gasteiger partial charge in [0, 0.05) is 12.1 Å². The number of amides is 6. The van der Waals surface area contributed by atoms with Crippen molar-refractivity contribution in [3.63, 3.8) is 0 Å². The highest BCUT2D eigenvalue weighted by Crippen LogP contribution is 2.19. The second-order valence-corrected chi connectivity index (χ2v) is 15.6. The Kier molecular flexibility index (Phi) is 15.1. The molecule has 2 aliphatic heterocycles. The summed E-state index contributed by atoms with van der Waals surface area (Å²) in [7, 11) is 0. The van der Waals surface area contributed by atoms with Crippen molar-refractivity contribution in [2.45, 2.75) is 118 Å². The maximum atomic E-state index is 13.0. The van der Waals surface area contributed by atoms with Crippen molar-refractivity contribution < 1.29 is 57.3 Å². The van der Waals surface area contributed by atoms with E-state index in [1.165, 1.54) is 0 Å². The Morgan fingerprint density at radius 3 is 1.06 bits per heavy atom. The number of piperazine rings is 2. The van der Waals surface area contributed by atoms with Crippen LogP contribution in [0.1, 0.15) is 83.1 Å². The van der Waals surface area contributed by atoms with Crippen LogP contribution in [0.25, 0.3) is 0 Å². The molecule has 0 aromatic rings. The third-order valence-corrected chi connectivity index (χ3v) is 8.27. The predicted octanol–water partition coefficient (Wildman–Crippen LogP) is 1.21. The monoisotopic (exact) mass is 740 g/mol. The van der Waals surface area contributed by atoms with Gasteiger partial charge in [-0.2, -0.15) is 0 Å². The average Bonchev–Trinajstić information content (AvgIpc) is 2.98. The largest absolute Gasteiger partial charge is 0.444 e. The third-order valence-electron chi connectivity index (χ3n) is 8.27. The number of rotatable bonds is 13. The van der Waals surface area contributed by atoms with Crippen molar-refractivity contribution in [1.82, 2.24) is 30.2 Å². The molecule has 4 atom stereocenters. The average molecular weight is 741 g/mol. The van der Waals surface area contributed by atoms with Gasteiger partial charge in [-0.05, 0) is 67.2 Å². The van der Waals surface area contributed by atoms with Crippen molar-refractivity contribution in [3.8, 4) is 0 Å². The standard InChI is InChI=1S/C34H56N6O12/c1-19(2)27(35-31(47)51-33(7,8)9)29(45)49-17-39-23(41)13-37(14-24(39)42)21(5)22(6)38-15-25(43)40(26(44)16-38)18-50-30(46)28(20(3)4)36-32(48)52-34(10,11)12/h19-22,27-28H,13-18H2,1-12H3,(H,35,47)(H,36,48). The van der Waals surface area contributed by atoms with E-state index in [1.54, 1.807) is 92.9 Å². The number of nitrogens with zero attached hydrogens (tertiary/aromatic N) is 4. The van der Waals surface area contributed by atoms with Crippen molar-refractivity contribution >= 4 is 47.8 Å². The van der Waals surface area contributed by atoms with Gasteiger partial charge >= 0.3 is 24.1 Å². The molecule has 2 fully saturated rings. The number of carbonyl (C=O) groups excluding carboxylic acids is 8. The summed E-state index contributed by atoms with van der Waals surface area (Å²) < 4.78 is 20.9. The van der Waals surface area contributed by atoms with Crippen LogP contribution in [0.5, 0.6) is 0 Å². The zero-order chi connectivity index (χ0) is 39.9. The van der Waals surface area contributed by atoms with E-state index in [4.69, 9.17) is 18.9 Å². The van der Waals surface area contributed by atoms with Crippen molar-refractivity contribution in [2.75, 3.05) is 39.6 Å². The summed E-state index contributed by atoms with van der Waals surface area (Å²) in [6, 6.07) is -3.12. The smallest absolute Gasteiger partial charge is 0.408 e. The van der Waals surface area contributed by atoms with Crippen molar-refractivity contribution in [2.24, 2.45) is 11.8 Å². The van der Waals surface area contributed by atoms with Crippen LogP contribution >= 0.6 is 0 Å². The van der Waals surface area contributed by atoms with E-state index in [9.17, 15) is 38.4 Å². The predicted molar refractivity (Wildman–Crippen MR) is 184 cm³/mol. The number of esters is 2. The SMILES string of the molecule is CC(C)C(NC(=O)OC(C)(C)C)C(=O)OCN1C(=O)CN(C(C)C(C)N2CC(=O)N(COC(=O)C(NC(=O)OC(C)(C)C)C(C)C)C(=O)C2)CC1=O. The zero-order valence-electron chi connectivity index (χ0n) is 32.4. The van der Waals surface area contributed by atoms with Gasteiger partial charge in [0.15, 0.2) is 13.5 Å². The molecule has 0 aromatic carbocycles. The Bertz CT molecular complexity index is 1230. The number of hydrogen-bond acceptors (Lipinski definition) is 14. The molecule has 0 spiro atoms. The molecule has 0 aliphatic carbocycles. The highest BCUT2D eigenvalue weighted by atomic mass is 16.6. The zero-order valence-corrected chi connectivity index (χ0v) is 32.4. The summed E-state index contributed by atoms with van der Waals surface area (Å²) >= 11 is 0. The molecule has 0 radical (unpaired) electrons. The van der Waals surface area contributed by atoms with Crippen LogP contribution in [-0.4, -0.2) is 142 Å². The minimum atomic E-state index is -1.08. The lowest BCUT2D eigenvalue weighted by molar-refractivity contribution is -0.170. The maximum Gasteiger partial charge on any atom is 0.408 e. The van der Waals surface area contributed by atoms with Gasteiger partial charge in [-0.15, -0.1) is 0 Å². The number of nitrogens with one attached hydrogen (secondary N) is 2. The first-order valence-electron chi connectivity index (χ1n) is 17.3. The minimum absolute atomic E-state index is 0.204. The molecule has 52 heavy (non-hydrogen) atoms. The summed E-state index contributed by atoms with van der Waals surface area (Å²) in [4.78, 5) is 107. The molecule has 2 aliphatic rings. The first-order chi connectivity index (χ1) is 23.8. The topological polar surface area (TPSA) is 210 Å². The Hall–Kier alpha value is -4.32. The van der Waals surface area contributed by atoms with Gasteiger partial charge in [0.2, 0.25) is 23.6 Å². The normalized spacial score (nSPS) is 18.9. The van der Waals surface area contributed by atoms with Gasteiger partial charge in [0.05, 0.1) is 26.2 Å². The summed E-state index contributed by atoms with van der Waals surface area (Å²) in [6.45, 7) is 18.2. The number of imide groups is 2. The van der Waals surface area contributed by atoms with Gasteiger partial charge in [-0.3, -0.25) is 29.0 Å². The molecule has 18 heteroatoms. The second kappa shape index (κ2) is 17.9. The molecule has 0 aromatic heterocycles. The first-order valence-corrected chi connectivity index (χ1v) is 17.3. The summed E-state index contributed by atoms with van der Waals surface area (Å²) in [5, 5.41) is 4.92. The summed E-state index contributed by atoms with van der Waals surface area (Å²) in [5.41, 5.74) is -1.58. The van der Waals surface area contributed by atoms with E-state index in [2.05, 4.69) is 10.6 Å². The van der Waals surface area contributed by atoms with Gasteiger partial charge in [0.1, 0.15) is 23.3 Å². The molecule has 6 amide bonds. The van der Waals surface area contributed by atoms with Crippen LogP contribution in [0.3, 0.4) is 0 Å². The molecule has 2 saturated heterocycles. The third kappa shape index (κ3) is 13.0. The molecule has 2 rings (SSSR count). The summed E-state index contributed by atoms with van der Waals surface area (Å²) in [5.74, 6) is -4.93. The fourth-order valence-corrected chi connectivity index (χ4v) is 5.20. The molecule has 18 nitrogen and oxygen atoms in total. The van der Waals surface area contributed by atoms with Crippen molar-refractivity contribution in [3.05, 3.63) is 0 Å². The lowest BCUT2D eigenvalue weighted by Gasteiger charge is -2.43. The molecule has 0 saturated carbocycles. The van der Waals surface area contributed by atoms with E-state index >= 15 is 0 Å². The maximum absolute atomic E-state index is 13.0. The van der Waals surface area contributed by atoms with Crippen LogP contribution in [-0.2, 0) is 47.7 Å². The molecule has 0 bridgehead atoms. The Balaban J connectivity index is 1.94. The number of alkyl carbamates (subject to hydrolysis) is 2. The van der Waals surface area contributed by atoms with Crippen LogP contribution in [0.15, 0.2) is 0 Å². The fourth-order valence-electron chi connectivity index (χ4n) is 5.20. The Morgan fingerprint density at radius 2 is 0.827 bits per heavy atom. The number of hydrogen-bond donors (Lipinski definition) is 2. The molecule has 2 heterocycles.